The molecule has 1 unspecified atom stereocenters. The van der Waals surface area contributed by atoms with Crippen LogP contribution < -0.4 is 16.0 Å². The largest absolute Gasteiger partial charge is 0.479 e. The molecule has 0 aromatic rings. The van der Waals surface area contributed by atoms with E-state index in [-0.39, 0.29) is 6.54 Å². The van der Waals surface area contributed by atoms with Gasteiger partial charge in [0, 0.05) is 6.54 Å². The number of aliphatic carboxylic acids is 1. The maximum absolute atomic E-state index is 12.6. The average molecular weight is 285 g/mol. The minimum absolute atomic E-state index is 0.145. The van der Waals surface area contributed by atoms with Crippen molar-refractivity contribution in [3.63, 3.8) is 0 Å². The molecule has 0 spiro atoms. The SMILES string of the molecule is CCNCCCNC(=O)NC(C)(C(=O)O)C(F)(F)F. The topological polar surface area (TPSA) is 90.5 Å². The second kappa shape index (κ2) is 7.17. The molecule has 0 heterocycles. The van der Waals surface area contributed by atoms with Crippen LogP contribution in [0.25, 0.3) is 0 Å². The lowest BCUT2D eigenvalue weighted by atomic mass is 10.0. The van der Waals surface area contributed by atoms with Crippen LogP contribution in [0.5, 0.6) is 0 Å². The molecule has 0 rings (SSSR count). The van der Waals surface area contributed by atoms with Gasteiger partial charge in [0.1, 0.15) is 0 Å². The van der Waals surface area contributed by atoms with E-state index in [4.69, 9.17) is 5.11 Å². The Morgan fingerprint density at radius 1 is 1.21 bits per heavy atom. The molecule has 4 N–H and O–H groups in total. The molecule has 2 amide bonds. The second-order valence-corrected chi connectivity index (χ2v) is 4.02. The van der Waals surface area contributed by atoms with Crippen molar-refractivity contribution in [2.75, 3.05) is 19.6 Å². The number of carboxylic acids is 1. The molecule has 0 radical (unpaired) electrons. The molecule has 112 valence electrons. The van der Waals surface area contributed by atoms with Crippen LogP contribution in [0.3, 0.4) is 0 Å². The first kappa shape index (κ1) is 17.5. The molecule has 0 fully saturated rings. The summed E-state index contributed by atoms with van der Waals surface area (Å²) in [6.07, 6.45) is -4.56. The highest BCUT2D eigenvalue weighted by atomic mass is 19.4. The van der Waals surface area contributed by atoms with Gasteiger partial charge in [-0.3, -0.25) is 0 Å². The smallest absolute Gasteiger partial charge is 0.422 e. The van der Waals surface area contributed by atoms with Gasteiger partial charge in [0.05, 0.1) is 0 Å². The van der Waals surface area contributed by atoms with Gasteiger partial charge in [-0.2, -0.15) is 13.2 Å². The lowest BCUT2D eigenvalue weighted by Crippen LogP contribution is -2.63. The molecule has 0 aromatic carbocycles. The summed E-state index contributed by atoms with van der Waals surface area (Å²) in [5.41, 5.74) is -3.31. The molecule has 0 aromatic heterocycles. The Morgan fingerprint density at radius 3 is 2.21 bits per heavy atom. The number of hydrogen-bond acceptors (Lipinski definition) is 3. The predicted octanol–water partition coefficient (Wildman–Crippen LogP) is 0.691. The Balaban J connectivity index is 4.32. The van der Waals surface area contributed by atoms with Crippen molar-refractivity contribution in [2.45, 2.75) is 32.0 Å². The molecule has 0 saturated carbocycles. The lowest BCUT2D eigenvalue weighted by molar-refractivity contribution is -0.203. The maximum Gasteiger partial charge on any atom is 0.422 e. The summed E-state index contributed by atoms with van der Waals surface area (Å²) in [6.45, 7) is 3.78. The summed E-state index contributed by atoms with van der Waals surface area (Å²) in [6, 6.07) is -1.17. The highest BCUT2D eigenvalue weighted by molar-refractivity contribution is 5.86. The number of rotatable bonds is 7. The number of carboxylic acid groups (broad SMARTS) is 1. The monoisotopic (exact) mass is 285 g/mol. The van der Waals surface area contributed by atoms with Crippen LogP contribution >= 0.6 is 0 Å². The van der Waals surface area contributed by atoms with Crippen molar-refractivity contribution in [2.24, 2.45) is 0 Å². The molecule has 0 aliphatic rings. The second-order valence-electron chi connectivity index (χ2n) is 4.02. The van der Waals surface area contributed by atoms with Crippen LogP contribution in [0.4, 0.5) is 18.0 Å². The van der Waals surface area contributed by atoms with Gasteiger partial charge in [0.15, 0.2) is 0 Å². The van der Waals surface area contributed by atoms with E-state index in [1.807, 2.05) is 6.92 Å². The third-order valence-corrected chi connectivity index (χ3v) is 2.42. The summed E-state index contributed by atoms with van der Waals surface area (Å²) in [5, 5.41) is 15.2. The maximum atomic E-state index is 12.6. The summed E-state index contributed by atoms with van der Waals surface area (Å²) < 4.78 is 37.7. The summed E-state index contributed by atoms with van der Waals surface area (Å²) >= 11 is 0. The van der Waals surface area contributed by atoms with Crippen molar-refractivity contribution >= 4 is 12.0 Å². The number of amides is 2. The Bertz CT molecular complexity index is 323. The van der Waals surface area contributed by atoms with E-state index in [9.17, 15) is 22.8 Å². The molecular weight excluding hydrogens is 267 g/mol. The zero-order valence-corrected chi connectivity index (χ0v) is 10.7. The van der Waals surface area contributed by atoms with Crippen molar-refractivity contribution in [3.8, 4) is 0 Å². The molecule has 1 atom stereocenters. The van der Waals surface area contributed by atoms with Crippen LogP contribution in [0.2, 0.25) is 0 Å². The van der Waals surface area contributed by atoms with Crippen LogP contribution in [-0.2, 0) is 4.79 Å². The molecule has 0 saturated heterocycles. The van der Waals surface area contributed by atoms with Gasteiger partial charge in [-0.05, 0) is 26.4 Å². The van der Waals surface area contributed by atoms with Crippen LogP contribution in [0, 0.1) is 0 Å². The van der Waals surface area contributed by atoms with Gasteiger partial charge in [-0.15, -0.1) is 0 Å². The number of hydrogen-bond donors (Lipinski definition) is 4. The van der Waals surface area contributed by atoms with E-state index < -0.39 is 23.7 Å². The van der Waals surface area contributed by atoms with E-state index in [1.54, 1.807) is 0 Å². The standard InChI is InChI=1S/C10H18F3N3O3/c1-3-14-5-4-6-15-8(19)16-9(2,7(17)18)10(11,12)13/h14H,3-6H2,1-2H3,(H,17,18)(H2,15,16,19). The number of halogens is 3. The van der Waals surface area contributed by atoms with Crippen LogP contribution in [0.15, 0.2) is 0 Å². The first-order valence-electron chi connectivity index (χ1n) is 5.72. The van der Waals surface area contributed by atoms with E-state index in [2.05, 4.69) is 10.6 Å². The number of nitrogens with one attached hydrogen (secondary N) is 3. The van der Waals surface area contributed by atoms with E-state index in [0.29, 0.717) is 19.9 Å². The highest BCUT2D eigenvalue weighted by Crippen LogP contribution is 2.30. The fourth-order valence-electron chi connectivity index (χ4n) is 1.11. The molecule has 6 nitrogen and oxygen atoms in total. The van der Waals surface area contributed by atoms with Gasteiger partial charge >= 0.3 is 18.2 Å². The van der Waals surface area contributed by atoms with E-state index in [0.717, 1.165) is 6.54 Å². The first-order valence-corrected chi connectivity index (χ1v) is 5.72. The van der Waals surface area contributed by atoms with Crippen molar-refractivity contribution < 1.29 is 27.9 Å². The van der Waals surface area contributed by atoms with E-state index in [1.165, 1.54) is 5.32 Å². The molecule has 19 heavy (non-hydrogen) atoms. The van der Waals surface area contributed by atoms with Crippen molar-refractivity contribution in [1.29, 1.82) is 0 Å². The van der Waals surface area contributed by atoms with Crippen molar-refractivity contribution in [3.05, 3.63) is 0 Å². The summed E-state index contributed by atoms with van der Waals surface area (Å²) in [7, 11) is 0. The molecule has 0 aliphatic heterocycles. The molecule has 0 bridgehead atoms. The molecular formula is C10H18F3N3O3. The third kappa shape index (κ3) is 5.33. The Kier molecular flexibility index (Phi) is 6.60. The van der Waals surface area contributed by atoms with E-state index >= 15 is 0 Å². The minimum Gasteiger partial charge on any atom is -0.479 e. The third-order valence-electron chi connectivity index (χ3n) is 2.42. The molecule has 9 heteroatoms. The predicted molar refractivity (Wildman–Crippen MR) is 61.8 cm³/mol. The fourth-order valence-corrected chi connectivity index (χ4v) is 1.11. The quantitative estimate of drug-likeness (QED) is 0.518. The minimum atomic E-state index is -5.08. The van der Waals surface area contributed by atoms with Gasteiger partial charge in [0.25, 0.3) is 0 Å². The Labute approximate surface area is 108 Å². The number of urea groups is 1. The van der Waals surface area contributed by atoms with Gasteiger partial charge in [-0.25, -0.2) is 9.59 Å². The highest BCUT2D eigenvalue weighted by Gasteiger charge is 2.58. The zero-order valence-electron chi connectivity index (χ0n) is 10.7. The summed E-state index contributed by atoms with van der Waals surface area (Å²) in [4.78, 5) is 21.9. The van der Waals surface area contributed by atoms with Gasteiger partial charge < -0.3 is 21.1 Å². The van der Waals surface area contributed by atoms with Crippen LogP contribution in [0.1, 0.15) is 20.3 Å². The number of alkyl halides is 3. The number of carbonyl (C=O) groups excluding carboxylic acids is 1. The Morgan fingerprint density at radius 2 is 1.79 bits per heavy atom. The van der Waals surface area contributed by atoms with Crippen molar-refractivity contribution in [1.82, 2.24) is 16.0 Å². The fraction of sp³-hybridized carbons (Fsp3) is 0.800. The van der Waals surface area contributed by atoms with Gasteiger partial charge in [0.2, 0.25) is 5.54 Å². The Hall–Kier alpha value is -1.51. The normalized spacial score (nSPS) is 14.6. The average Bonchev–Trinajstić information content (AvgIpc) is 2.26. The van der Waals surface area contributed by atoms with Crippen LogP contribution in [-0.4, -0.2) is 48.5 Å². The zero-order chi connectivity index (χ0) is 15.1. The lowest BCUT2D eigenvalue weighted by Gasteiger charge is -2.28. The molecule has 0 aliphatic carbocycles. The first-order chi connectivity index (χ1) is 8.65. The van der Waals surface area contributed by atoms with Gasteiger partial charge in [-0.1, -0.05) is 6.92 Å². The number of carbonyl (C=O) groups is 2. The summed E-state index contributed by atoms with van der Waals surface area (Å²) in [5.74, 6) is -2.16.